The van der Waals surface area contributed by atoms with Crippen LogP contribution in [0.25, 0.3) is 50.0 Å². The molecular weight excluding hydrogens is 568 g/mol. The summed E-state index contributed by atoms with van der Waals surface area (Å²) < 4.78 is 18.1. The second-order valence-corrected chi connectivity index (χ2v) is 13.9. The van der Waals surface area contributed by atoms with E-state index >= 15 is 0 Å². The maximum atomic E-state index is 14.8. The number of halogens is 1. The molecule has 0 unspecified atom stereocenters. The van der Waals surface area contributed by atoms with E-state index in [0.717, 1.165) is 79.8 Å². The molecule has 0 bridgehead atoms. The molecule has 5 rings (SSSR count). The molecule has 8 heteroatoms. The molecular formula is C36H39FN6S. The number of allylic oxidation sites excluding steroid dienone is 5. The van der Waals surface area contributed by atoms with Gasteiger partial charge in [0.05, 0.1) is 16.9 Å². The molecule has 6 nitrogen and oxygen atoms in total. The predicted molar refractivity (Wildman–Crippen MR) is 190 cm³/mol. The zero-order valence-corrected chi connectivity index (χ0v) is 26.4. The van der Waals surface area contributed by atoms with Crippen molar-refractivity contribution < 1.29 is 4.39 Å². The van der Waals surface area contributed by atoms with Gasteiger partial charge < -0.3 is 10.3 Å². The molecule has 0 aliphatic carbocycles. The molecule has 0 radical (unpaired) electrons. The molecule has 3 heterocycles. The zero-order valence-electron chi connectivity index (χ0n) is 25.6. The number of pyridine rings is 1. The van der Waals surface area contributed by atoms with Crippen molar-refractivity contribution in [3.63, 3.8) is 0 Å². The van der Waals surface area contributed by atoms with E-state index in [1.54, 1.807) is 18.2 Å². The monoisotopic (exact) mass is 606 g/mol. The van der Waals surface area contributed by atoms with Crippen LogP contribution in [0.1, 0.15) is 37.9 Å². The van der Waals surface area contributed by atoms with Crippen LogP contribution in [-0.2, 0) is 6.54 Å². The molecule has 4 N–H and O–H groups in total. The number of nitrogens with zero attached hydrogens (tertiary/aromatic N) is 2. The molecule has 5 aromatic rings. The maximum Gasteiger partial charge on any atom is 0.135 e. The minimum atomic E-state index is -1.42. The lowest BCUT2D eigenvalue weighted by Gasteiger charge is -2.12. The van der Waals surface area contributed by atoms with Crippen molar-refractivity contribution in [2.45, 2.75) is 33.2 Å². The largest absolute Gasteiger partial charge is 0.359 e. The van der Waals surface area contributed by atoms with Gasteiger partial charge in [-0.25, -0.2) is 9.37 Å². The number of rotatable bonds is 12. The normalized spacial score (nSPS) is 12.6. The van der Waals surface area contributed by atoms with Crippen LogP contribution in [-0.4, -0.2) is 38.2 Å². The molecule has 0 saturated heterocycles. The van der Waals surface area contributed by atoms with E-state index < -0.39 is 9.39 Å². The predicted octanol–water partition coefficient (Wildman–Crippen LogP) is 8.59. The van der Waals surface area contributed by atoms with Crippen molar-refractivity contribution in [2.75, 3.05) is 6.26 Å². The highest BCUT2D eigenvalue weighted by Gasteiger charge is 2.16. The summed E-state index contributed by atoms with van der Waals surface area (Å²) in [5, 5.41) is 12.1. The van der Waals surface area contributed by atoms with Gasteiger partial charge in [-0.05, 0) is 96.5 Å². The standard InChI is InChI=1S/C36H39FN6S/c1-8-12-23(4)39-28(10-3)20-25(9-2)31-15-16-33-35(41-31)36(43-42-33)34-21-30-29(13-11-14-32(30)40-34)26-17-24(18-27(37)19-26)22-38-44(5,6)7/h9-11,13-21,38-40H,3-6,8,12,22H2,1-2,7H3,(H,42,43)/b25-9+,28-20+. The van der Waals surface area contributed by atoms with Gasteiger partial charge in [0.2, 0.25) is 0 Å². The summed E-state index contributed by atoms with van der Waals surface area (Å²) in [6, 6.07) is 17.1. The lowest BCUT2D eigenvalue weighted by atomic mass is 9.99. The average molecular weight is 607 g/mol. The van der Waals surface area contributed by atoms with Crippen molar-refractivity contribution in [3.05, 3.63) is 114 Å². The van der Waals surface area contributed by atoms with Gasteiger partial charge in [-0.15, -0.1) is 0 Å². The Morgan fingerprint density at radius 3 is 2.64 bits per heavy atom. The Balaban J connectivity index is 1.53. The van der Waals surface area contributed by atoms with Crippen molar-refractivity contribution in [2.24, 2.45) is 0 Å². The summed E-state index contributed by atoms with van der Waals surface area (Å²) in [6.07, 6.45) is 9.69. The first-order chi connectivity index (χ1) is 21.1. The molecule has 0 saturated carbocycles. The molecule has 2 aromatic carbocycles. The fourth-order valence-corrected chi connectivity index (χ4v) is 5.65. The molecule has 0 aliphatic heterocycles. The molecule has 0 amide bonds. The van der Waals surface area contributed by atoms with E-state index in [-0.39, 0.29) is 5.82 Å². The quantitative estimate of drug-likeness (QED) is 0.0847. The van der Waals surface area contributed by atoms with Crippen molar-refractivity contribution in [1.29, 1.82) is 0 Å². The number of hydrogen-bond donors (Lipinski definition) is 4. The fourth-order valence-electron chi connectivity index (χ4n) is 5.13. The van der Waals surface area contributed by atoms with Crippen LogP contribution >= 0.6 is 9.39 Å². The van der Waals surface area contributed by atoms with Gasteiger partial charge in [-0.2, -0.15) is 14.5 Å². The molecule has 44 heavy (non-hydrogen) atoms. The van der Waals surface area contributed by atoms with Crippen LogP contribution < -0.4 is 10.0 Å². The van der Waals surface area contributed by atoms with Gasteiger partial charge in [-0.3, -0.25) is 9.82 Å². The molecule has 0 spiro atoms. The average Bonchev–Trinajstić information content (AvgIpc) is 3.61. The second kappa shape index (κ2) is 12.9. The Morgan fingerprint density at radius 2 is 1.91 bits per heavy atom. The number of fused-ring (bicyclic) bond motifs is 2. The second-order valence-electron chi connectivity index (χ2n) is 11.1. The van der Waals surface area contributed by atoms with Gasteiger partial charge in [-0.1, -0.05) is 56.5 Å². The Morgan fingerprint density at radius 1 is 1.09 bits per heavy atom. The van der Waals surface area contributed by atoms with Crippen LogP contribution in [0.3, 0.4) is 0 Å². The number of aromatic amines is 2. The van der Waals surface area contributed by atoms with Crippen molar-refractivity contribution >= 4 is 48.6 Å². The SMILES string of the molecule is C=C/C(=C\C(=C/C)c1ccc2[nH]nc(-c3cc4c(-c5cc(F)cc(CNS(=C)(=C)C)c5)cccc4[nH]3)c2n1)NC(=C)CCC. The third-order valence-electron chi connectivity index (χ3n) is 7.23. The number of hydrogen-bond acceptors (Lipinski definition) is 4. The smallest absolute Gasteiger partial charge is 0.135 e. The van der Waals surface area contributed by atoms with E-state index in [9.17, 15) is 4.39 Å². The molecule has 0 aliphatic rings. The van der Waals surface area contributed by atoms with Crippen molar-refractivity contribution in [1.82, 2.24) is 30.2 Å². The topological polar surface area (TPSA) is 81.4 Å². The number of benzene rings is 2. The lowest BCUT2D eigenvalue weighted by Crippen LogP contribution is -2.10. The molecule has 0 atom stereocenters. The molecule has 3 aromatic heterocycles. The first-order valence-electron chi connectivity index (χ1n) is 14.5. The molecule has 226 valence electrons. The number of H-pyrrole nitrogens is 2. The van der Waals surface area contributed by atoms with Crippen LogP contribution in [0, 0.1) is 5.82 Å². The summed E-state index contributed by atoms with van der Waals surface area (Å²) in [5.41, 5.74) is 10.1. The van der Waals surface area contributed by atoms with Gasteiger partial charge >= 0.3 is 0 Å². The summed E-state index contributed by atoms with van der Waals surface area (Å²) in [5.74, 6) is 7.84. The molecule has 0 fully saturated rings. The summed E-state index contributed by atoms with van der Waals surface area (Å²) >= 11 is 0. The van der Waals surface area contributed by atoms with Crippen LogP contribution in [0.5, 0.6) is 0 Å². The lowest BCUT2D eigenvalue weighted by molar-refractivity contribution is 0.625. The van der Waals surface area contributed by atoms with E-state index in [0.29, 0.717) is 12.2 Å². The van der Waals surface area contributed by atoms with E-state index in [4.69, 9.17) is 4.98 Å². The minimum absolute atomic E-state index is 0.287. The number of aromatic nitrogens is 4. The van der Waals surface area contributed by atoms with Crippen LogP contribution in [0.4, 0.5) is 4.39 Å². The van der Waals surface area contributed by atoms with Crippen LogP contribution in [0.2, 0.25) is 0 Å². The summed E-state index contributed by atoms with van der Waals surface area (Å²) in [6.45, 7) is 12.7. The van der Waals surface area contributed by atoms with Crippen molar-refractivity contribution in [3.8, 4) is 22.5 Å². The number of nitrogens with one attached hydrogen (secondary N) is 4. The maximum absolute atomic E-state index is 14.8. The zero-order chi connectivity index (χ0) is 31.4. The third kappa shape index (κ3) is 6.93. The first-order valence-corrected chi connectivity index (χ1v) is 16.9. The fraction of sp³-hybridized carbons (Fsp3) is 0.167. The van der Waals surface area contributed by atoms with Gasteiger partial charge in [0.25, 0.3) is 0 Å². The van der Waals surface area contributed by atoms with E-state index in [2.05, 4.69) is 63.1 Å². The van der Waals surface area contributed by atoms with Crippen LogP contribution in [0.15, 0.2) is 97.4 Å². The van der Waals surface area contributed by atoms with Gasteiger partial charge in [0, 0.05) is 28.8 Å². The highest BCUT2D eigenvalue weighted by Crippen LogP contribution is 2.35. The highest BCUT2D eigenvalue weighted by atomic mass is 32.2. The summed E-state index contributed by atoms with van der Waals surface area (Å²) in [4.78, 5) is 8.53. The van der Waals surface area contributed by atoms with Gasteiger partial charge in [0.15, 0.2) is 0 Å². The minimum Gasteiger partial charge on any atom is -0.359 e. The Kier molecular flexibility index (Phi) is 9.04. The Bertz CT molecular complexity index is 2040. The Hall–Kier alpha value is -4.66. The van der Waals surface area contributed by atoms with E-state index in [1.807, 2.05) is 61.7 Å². The highest BCUT2D eigenvalue weighted by molar-refractivity contribution is 8.25. The summed E-state index contributed by atoms with van der Waals surface area (Å²) in [7, 11) is -1.42. The first kappa shape index (κ1) is 30.8. The Labute approximate surface area is 259 Å². The van der Waals surface area contributed by atoms with Gasteiger partial charge in [0.1, 0.15) is 17.0 Å². The van der Waals surface area contributed by atoms with E-state index in [1.165, 1.54) is 0 Å². The third-order valence-corrected chi connectivity index (χ3v) is 8.07.